The van der Waals surface area contributed by atoms with Crippen LogP contribution in [0.25, 0.3) is 0 Å². The second kappa shape index (κ2) is 5.19. The van der Waals surface area contributed by atoms with Gasteiger partial charge in [0.05, 0.1) is 0 Å². The highest BCUT2D eigenvalue weighted by molar-refractivity contribution is 6.30. The molecule has 0 heterocycles. The van der Waals surface area contributed by atoms with Gasteiger partial charge in [0.15, 0.2) is 5.78 Å². The maximum absolute atomic E-state index is 13.1. The summed E-state index contributed by atoms with van der Waals surface area (Å²) in [6, 6.07) is 10.7. The van der Waals surface area contributed by atoms with Crippen LogP contribution in [0.3, 0.4) is 0 Å². The summed E-state index contributed by atoms with van der Waals surface area (Å²) in [6.45, 7) is 0. The van der Waals surface area contributed by atoms with E-state index in [1.807, 2.05) is 0 Å². The van der Waals surface area contributed by atoms with Gasteiger partial charge in [-0.3, -0.25) is 4.79 Å². The first kappa shape index (κ1) is 12.6. The summed E-state index contributed by atoms with van der Waals surface area (Å²) in [6.07, 6.45) is 0.171. The quantitative estimate of drug-likeness (QED) is 0.680. The third kappa shape index (κ3) is 2.87. The van der Waals surface area contributed by atoms with Gasteiger partial charge in [0.25, 0.3) is 0 Å². The molecule has 0 saturated carbocycles. The van der Waals surface area contributed by atoms with Crippen LogP contribution in [0.4, 0.5) is 10.1 Å². The molecule has 0 atom stereocenters. The van der Waals surface area contributed by atoms with Gasteiger partial charge >= 0.3 is 0 Å². The maximum Gasteiger partial charge on any atom is 0.169 e. The van der Waals surface area contributed by atoms with Gasteiger partial charge < -0.3 is 5.73 Å². The molecule has 4 heteroatoms. The van der Waals surface area contributed by atoms with Crippen LogP contribution in [-0.2, 0) is 6.42 Å². The van der Waals surface area contributed by atoms with Crippen LogP contribution < -0.4 is 5.73 Å². The van der Waals surface area contributed by atoms with Gasteiger partial charge in [0.2, 0.25) is 0 Å². The molecule has 92 valence electrons. The second-order valence-corrected chi connectivity index (χ2v) is 4.39. The number of nitrogens with two attached hydrogens (primary N) is 1. The molecular weight excluding hydrogens is 253 g/mol. The molecule has 18 heavy (non-hydrogen) atoms. The van der Waals surface area contributed by atoms with Crippen LogP contribution in [0.15, 0.2) is 42.5 Å². The van der Waals surface area contributed by atoms with E-state index in [9.17, 15) is 9.18 Å². The fourth-order valence-electron chi connectivity index (χ4n) is 1.65. The molecule has 0 aliphatic carbocycles. The Kier molecular flexibility index (Phi) is 3.63. The van der Waals surface area contributed by atoms with Crippen LogP contribution in [-0.4, -0.2) is 5.78 Å². The topological polar surface area (TPSA) is 43.1 Å². The lowest BCUT2D eigenvalue weighted by atomic mass is 10.0. The molecule has 2 N–H and O–H groups in total. The molecule has 0 aromatic heterocycles. The number of rotatable bonds is 3. The summed E-state index contributed by atoms with van der Waals surface area (Å²) in [7, 11) is 0. The van der Waals surface area contributed by atoms with Crippen molar-refractivity contribution in [2.75, 3.05) is 5.73 Å². The summed E-state index contributed by atoms with van der Waals surface area (Å²) >= 11 is 5.76. The molecule has 2 aromatic carbocycles. The van der Waals surface area contributed by atoms with Gasteiger partial charge in [0.1, 0.15) is 5.82 Å². The number of nitrogen functional groups attached to an aromatic ring is 1. The summed E-state index contributed by atoms with van der Waals surface area (Å²) in [5.41, 5.74) is 6.97. The van der Waals surface area contributed by atoms with E-state index in [0.717, 1.165) is 11.6 Å². The van der Waals surface area contributed by atoms with Crippen molar-refractivity contribution in [2.45, 2.75) is 6.42 Å². The fourth-order valence-corrected chi connectivity index (χ4v) is 1.78. The number of Topliss-reactive ketones (excluding diaryl/α,β-unsaturated/α-hetero) is 1. The minimum Gasteiger partial charge on any atom is -0.398 e. The Morgan fingerprint density at radius 2 is 1.83 bits per heavy atom. The van der Waals surface area contributed by atoms with Crippen LogP contribution in [0.5, 0.6) is 0 Å². The van der Waals surface area contributed by atoms with Crippen molar-refractivity contribution < 1.29 is 9.18 Å². The van der Waals surface area contributed by atoms with Gasteiger partial charge in [-0.25, -0.2) is 4.39 Å². The first-order chi connectivity index (χ1) is 8.56. The van der Waals surface area contributed by atoms with Gasteiger partial charge in [-0.05, 0) is 35.9 Å². The van der Waals surface area contributed by atoms with E-state index >= 15 is 0 Å². The molecule has 2 rings (SSSR count). The number of carbonyl (C=O) groups excluding carboxylic acids is 1. The highest BCUT2D eigenvalue weighted by Crippen LogP contribution is 2.17. The summed E-state index contributed by atoms with van der Waals surface area (Å²) in [5, 5.41) is 0.608. The number of anilines is 1. The standard InChI is InChI=1S/C14H11ClFNO/c15-10-3-1-9(2-4-10)7-14(18)12-8-11(16)5-6-13(12)17/h1-6,8H,7,17H2. The van der Waals surface area contributed by atoms with E-state index in [-0.39, 0.29) is 23.5 Å². The largest absolute Gasteiger partial charge is 0.398 e. The average molecular weight is 264 g/mol. The number of halogens is 2. The monoisotopic (exact) mass is 263 g/mol. The molecule has 2 aromatic rings. The Morgan fingerprint density at radius 3 is 2.50 bits per heavy atom. The van der Waals surface area contributed by atoms with E-state index < -0.39 is 5.82 Å². The molecule has 0 aliphatic heterocycles. The molecule has 0 amide bonds. The third-order valence-corrected chi connectivity index (χ3v) is 2.85. The first-order valence-electron chi connectivity index (χ1n) is 5.39. The lowest BCUT2D eigenvalue weighted by Gasteiger charge is -2.05. The number of carbonyl (C=O) groups is 1. The zero-order chi connectivity index (χ0) is 13.1. The molecule has 0 bridgehead atoms. The van der Waals surface area contributed by atoms with Crippen LogP contribution >= 0.6 is 11.6 Å². The van der Waals surface area contributed by atoms with E-state index in [4.69, 9.17) is 17.3 Å². The summed E-state index contributed by atoms with van der Waals surface area (Å²) in [4.78, 5) is 12.0. The highest BCUT2D eigenvalue weighted by atomic mass is 35.5. The number of ketones is 1. The third-order valence-electron chi connectivity index (χ3n) is 2.59. The Labute approximate surface area is 109 Å². The summed E-state index contributed by atoms with van der Waals surface area (Å²) in [5.74, 6) is -0.682. The van der Waals surface area contributed by atoms with Crippen molar-refractivity contribution in [1.29, 1.82) is 0 Å². The van der Waals surface area contributed by atoms with E-state index in [0.29, 0.717) is 5.02 Å². The van der Waals surface area contributed by atoms with Crippen molar-refractivity contribution in [3.05, 3.63) is 64.4 Å². The van der Waals surface area contributed by atoms with Gasteiger partial charge in [-0.15, -0.1) is 0 Å². The molecule has 0 unspecified atom stereocenters. The molecule has 0 spiro atoms. The van der Waals surface area contributed by atoms with Crippen LogP contribution in [0.1, 0.15) is 15.9 Å². The number of hydrogen-bond acceptors (Lipinski definition) is 2. The lowest BCUT2D eigenvalue weighted by molar-refractivity contribution is 0.0993. The minimum atomic E-state index is -0.469. The van der Waals surface area contributed by atoms with Crippen molar-refractivity contribution in [2.24, 2.45) is 0 Å². The normalized spacial score (nSPS) is 10.3. The predicted octanol–water partition coefficient (Wildman–Crippen LogP) is 3.49. The average Bonchev–Trinajstić information content (AvgIpc) is 2.35. The lowest BCUT2D eigenvalue weighted by Crippen LogP contribution is -2.07. The zero-order valence-electron chi connectivity index (χ0n) is 9.49. The predicted molar refractivity (Wildman–Crippen MR) is 70.3 cm³/mol. The van der Waals surface area contributed by atoms with Crippen molar-refractivity contribution >= 4 is 23.1 Å². The van der Waals surface area contributed by atoms with E-state index in [1.165, 1.54) is 12.1 Å². The van der Waals surface area contributed by atoms with Crippen molar-refractivity contribution in [3.8, 4) is 0 Å². The highest BCUT2D eigenvalue weighted by Gasteiger charge is 2.11. The summed E-state index contributed by atoms with van der Waals surface area (Å²) < 4.78 is 13.1. The van der Waals surface area contributed by atoms with Crippen LogP contribution in [0.2, 0.25) is 5.02 Å². The minimum absolute atomic E-state index is 0.171. The number of benzene rings is 2. The molecule has 0 fully saturated rings. The molecule has 0 saturated heterocycles. The van der Waals surface area contributed by atoms with E-state index in [1.54, 1.807) is 24.3 Å². The fraction of sp³-hybridized carbons (Fsp3) is 0.0714. The van der Waals surface area contributed by atoms with Gasteiger partial charge in [0, 0.05) is 22.7 Å². The maximum atomic E-state index is 13.1. The van der Waals surface area contributed by atoms with Crippen molar-refractivity contribution in [1.82, 2.24) is 0 Å². The van der Waals surface area contributed by atoms with E-state index in [2.05, 4.69) is 0 Å². The second-order valence-electron chi connectivity index (χ2n) is 3.96. The molecule has 2 nitrogen and oxygen atoms in total. The molecule has 0 aliphatic rings. The van der Waals surface area contributed by atoms with Gasteiger partial charge in [-0.1, -0.05) is 23.7 Å². The molecular formula is C14H11ClFNO. The Balaban J connectivity index is 2.21. The van der Waals surface area contributed by atoms with Gasteiger partial charge in [-0.2, -0.15) is 0 Å². The smallest absolute Gasteiger partial charge is 0.169 e. The molecule has 0 radical (unpaired) electrons. The first-order valence-corrected chi connectivity index (χ1v) is 5.77. The van der Waals surface area contributed by atoms with Crippen molar-refractivity contribution in [3.63, 3.8) is 0 Å². The number of hydrogen-bond donors (Lipinski definition) is 1. The Bertz CT molecular complexity index is 581. The Morgan fingerprint density at radius 1 is 1.17 bits per heavy atom. The zero-order valence-corrected chi connectivity index (χ0v) is 10.2. The SMILES string of the molecule is Nc1ccc(F)cc1C(=O)Cc1ccc(Cl)cc1. The van der Waals surface area contributed by atoms with Crippen LogP contribution in [0, 0.1) is 5.82 Å². The Hall–Kier alpha value is -1.87.